The minimum Gasteiger partial charge on any atom is -0.366 e. The number of anilines is 1. The van der Waals surface area contributed by atoms with Crippen LogP contribution in [-0.2, 0) is 11.3 Å². The fourth-order valence-corrected chi connectivity index (χ4v) is 2.81. The van der Waals surface area contributed by atoms with Crippen LogP contribution in [0.5, 0.6) is 0 Å². The molecule has 0 aromatic heterocycles. The van der Waals surface area contributed by atoms with Gasteiger partial charge in [-0.05, 0) is 36.9 Å². The third kappa shape index (κ3) is 5.40. The van der Waals surface area contributed by atoms with E-state index >= 15 is 0 Å². The third-order valence-electron chi connectivity index (χ3n) is 3.60. The standard InChI is InChI=1S/C18H19BrN4O3/c1-23(9-11-4-2-3-5-15(11)19)10-16(24)22-14-7-12(17(20)25)6-13(8-14)18(21)26/h2-8H,9-10H2,1H3,(H2,20,25)(H2,21,26)(H,22,24). The summed E-state index contributed by atoms with van der Waals surface area (Å²) in [5.41, 5.74) is 12.0. The Labute approximate surface area is 159 Å². The molecule has 7 nitrogen and oxygen atoms in total. The summed E-state index contributed by atoms with van der Waals surface area (Å²) in [5, 5.41) is 2.66. The van der Waals surface area contributed by atoms with Gasteiger partial charge in [-0.3, -0.25) is 19.3 Å². The van der Waals surface area contributed by atoms with E-state index in [4.69, 9.17) is 11.5 Å². The highest BCUT2D eigenvalue weighted by Crippen LogP contribution is 2.18. The minimum absolute atomic E-state index is 0.0955. The van der Waals surface area contributed by atoms with Crippen LogP contribution < -0.4 is 16.8 Å². The predicted octanol–water partition coefficient (Wildman–Crippen LogP) is 1.72. The van der Waals surface area contributed by atoms with Crippen LogP contribution in [0.25, 0.3) is 0 Å². The summed E-state index contributed by atoms with van der Waals surface area (Å²) in [7, 11) is 1.81. The van der Waals surface area contributed by atoms with E-state index in [1.165, 1.54) is 18.2 Å². The van der Waals surface area contributed by atoms with E-state index in [-0.39, 0.29) is 29.3 Å². The first-order valence-electron chi connectivity index (χ1n) is 7.72. The second kappa shape index (κ2) is 8.59. The molecule has 0 aliphatic carbocycles. The Morgan fingerprint density at radius 2 is 1.62 bits per heavy atom. The third-order valence-corrected chi connectivity index (χ3v) is 4.37. The first-order chi connectivity index (χ1) is 12.3. The number of hydrogen-bond donors (Lipinski definition) is 3. The molecule has 2 aromatic rings. The number of carbonyl (C=O) groups excluding carboxylic acids is 3. The molecule has 0 fully saturated rings. The SMILES string of the molecule is CN(CC(=O)Nc1cc(C(N)=O)cc(C(N)=O)c1)Cc1ccccc1Br. The van der Waals surface area contributed by atoms with Gasteiger partial charge >= 0.3 is 0 Å². The van der Waals surface area contributed by atoms with Gasteiger partial charge in [0.2, 0.25) is 17.7 Å². The van der Waals surface area contributed by atoms with Crippen molar-refractivity contribution >= 4 is 39.3 Å². The molecular weight excluding hydrogens is 400 g/mol. The Hall–Kier alpha value is -2.71. The van der Waals surface area contributed by atoms with E-state index < -0.39 is 11.8 Å². The molecule has 26 heavy (non-hydrogen) atoms. The van der Waals surface area contributed by atoms with E-state index in [1.54, 1.807) is 0 Å². The molecule has 136 valence electrons. The summed E-state index contributed by atoms with van der Waals surface area (Å²) < 4.78 is 0.965. The van der Waals surface area contributed by atoms with Gasteiger partial charge in [-0.15, -0.1) is 0 Å². The smallest absolute Gasteiger partial charge is 0.248 e. The zero-order valence-corrected chi connectivity index (χ0v) is 15.7. The summed E-state index contributed by atoms with van der Waals surface area (Å²) in [6.07, 6.45) is 0. The Bertz CT molecular complexity index is 822. The van der Waals surface area contributed by atoms with Crippen LogP contribution in [0.15, 0.2) is 46.9 Å². The van der Waals surface area contributed by atoms with Crippen LogP contribution in [0.1, 0.15) is 26.3 Å². The molecule has 0 saturated heterocycles. The molecule has 0 atom stereocenters. The van der Waals surface area contributed by atoms with Crippen molar-refractivity contribution in [2.45, 2.75) is 6.54 Å². The highest BCUT2D eigenvalue weighted by atomic mass is 79.9. The van der Waals surface area contributed by atoms with Crippen molar-refractivity contribution in [3.63, 3.8) is 0 Å². The number of rotatable bonds is 7. The summed E-state index contributed by atoms with van der Waals surface area (Å²) in [4.78, 5) is 36.8. The summed E-state index contributed by atoms with van der Waals surface area (Å²) in [6.45, 7) is 0.691. The van der Waals surface area contributed by atoms with Crippen molar-refractivity contribution in [2.24, 2.45) is 11.5 Å². The Morgan fingerprint density at radius 1 is 1.04 bits per heavy atom. The molecule has 2 aromatic carbocycles. The van der Waals surface area contributed by atoms with Crippen molar-refractivity contribution in [3.05, 3.63) is 63.6 Å². The summed E-state index contributed by atoms with van der Waals surface area (Å²) in [5.74, 6) is -1.72. The molecule has 0 spiro atoms. The maximum absolute atomic E-state index is 12.3. The van der Waals surface area contributed by atoms with Gasteiger partial charge < -0.3 is 16.8 Å². The fourth-order valence-electron chi connectivity index (χ4n) is 2.40. The summed E-state index contributed by atoms with van der Waals surface area (Å²) in [6, 6.07) is 11.8. The highest BCUT2D eigenvalue weighted by Gasteiger charge is 2.13. The quantitative estimate of drug-likeness (QED) is 0.633. The molecule has 0 heterocycles. The van der Waals surface area contributed by atoms with Crippen LogP contribution in [0.3, 0.4) is 0 Å². The van der Waals surface area contributed by atoms with Crippen LogP contribution in [0.2, 0.25) is 0 Å². The molecule has 0 aliphatic rings. The van der Waals surface area contributed by atoms with Crippen LogP contribution in [0.4, 0.5) is 5.69 Å². The number of nitrogens with zero attached hydrogens (tertiary/aromatic N) is 1. The Morgan fingerprint density at radius 3 is 2.15 bits per heavy atom. The number of likely N-dealkylation sites (N-methyl/N-ethyl adjacent to an activating group) is 1. The van der Waals surface area contributed by atoms with Crippen LogP contribution in [0, 0.1) is 0 Å². The predicted molar refractivity (Wildman–Crippen MR) is 103 cm³/mol. The molecular formula is C18H19BrN4O3. The first-order valence-corrected chi connectivity index (χ1v) is 8.52. The zero-order chi connectivity index (χ0) is 19.3. The van der Waals surface area contributed by atoms with Gasteiger partial charge in [0.25, 0.3) is 0 Å². The van der Waals surface area contributed by atoms with Crippen LogP contribution >= 0.6 is 15.9 Å². The normalized spacial score (nSPS) is 10.6. The molecule has 2 rings (SSSR count). The Balaban J connectivity index is 2.06. The van der Waals surface area contributed by atoms with E-state index in [2.05, 4.69) is 21.2 Å². The van der Waals surface area contributed by atoms with Gasteiger partial charge in [0.1, 0.15) is 0 Å². The minimum atomic E-state index is -0.713. The number of halogens is 1. The molecule has 0 unspecified atom stereocenters. The lowest BCUT2D eigenvalue weighted by molar-refractivity contribution is -0.117. The first kappa shape index (κ1) is 19.6. The van der Waals surface area contributed by atoms with Crippen molar-refractivity contribution < 1.29 is 14.4 Å². The number of primary amides is 2. The number of hydrogen-bond acceptors (Lipinski definition) is 4. The summed E-state index contributed by atoms with van der Waals surface area (Å²) >= 11 is 3.47. The molecule has 3 amide bonds. The van der Waals surface area contributed by atoms with Gasteiger partial charge in [0.05, 0.1) is 6.54 Å². The van der Waals surface area contributed by atoms with Crippen LogP contribution in [-0.4, -0.2) is 36.2 Å². The maximum Gasteiger partial charge on any atom is 0.248 e. The second-order valence-electron chi connectivity index (χ2n) is 5.84. The van der Waals surface area contributed by atoms with E-state index in [9.17, 15) is 14.4 Å². The fraction of sp³-hybridized carbons (Fsp3) is 0.167. The van der Waals surface area contributed by atoms with E-state index in [0.717, 1.165) is 10.0 Å². The van der Waals surface area contributed by atoms with Crippen molar-refractivity contribution in [2.75, 3.05) is 18.9 Å². The van der Waals surface area contributed by atoms with Gasteiger partial charge in [-0.25, -0.2) is 0 Å². The highest BCUT2D eigenvalue weighted by molar-refractivity contribution is 9.10. The molecule has 5 N–H and O–H groups in total. The van der Waals surface area contributed by atoms with Crippen molar-refractivity contribution in [3.8, 4) is 0 Å². The molecule has 0 radical (unpaired) electrons. The number of carbonyl (C=O) groups is 3. The van der Waals surface area contributed by atoms with Gasteiger partial charge in [0, 0.05) is 27.8 Å². The lowest BCUT2D eigenvalue weighted by atomic mass is 10.1. The topological polar surface area (TPSA) is 119 Å². The Kier molecular flexibility index (Phi) is 6.48. The van der Waals surface area contributed by atoms with Gasteiger partial charge in [-0.2, -0.15) is 0 Å². The molecule has 0 bridgehead atoms. The van der Waals surface area contributed by atoms with E-state index in [1.807, 2.05) is 36.2 Å². The number of nitrogens with one attached hydrogen (secondary N) is 1. The lowest BCUT2D eigenvalue weighted by Gasteiger charge is -2.17. The lowest BCUT2D eigenvalue weighted by Crippen LogP contribution is -2.30. The van der Waals surface area contributed by atoms with Crippen molar-refractivity contribution in [1.29, 1.82) is 0 Å². The molecule has 0 saturated carbocycles. The number of benzene rings is 2. The number of amides is 3. The molecule has 8 heteroatoms. The van der Waals surface area contributed by atoms with Gasteiger partial charge in [0.15, 0.2) is 0 Å². The average Bonchev–Trinajstić information content (AvgIpc) is 2.56. The molecule has 0 aliphatic heterocycles. The largest absolute Gasteiger partial charge is 0.366 e. The number of nitrogens with two attached hydrogens (primary N) is 2. The van der Waals surface area contributed by atoms with Crippen molar-refractivity contribution in [1.82, 2.24) is 4.90 Å². The average molecular weight is 419 g/mol. The zero-order valence-electron chi connectivity index (χ0n) is 14.2. The monoisotopic (exact) mass is 418 g/mol. The van der Waals surface area contributed by atoms with E-state index in [0.29, 0.717) is 6.54 Å². The maximum atomic E-state index is 12.3. The second-order valence-corrected chi connectivity index (χ2v) is 6.69. The van der Waals surface area contributed by atoms with Gasteiger partial charge in [-0.1, -0.05) is 34.1 Å².